The summed E-state index contributed by atoms with van der Waals surface area (Å²) in [6.45, 7) is 2.06. The lowest BCUT2D eigenvalue weighted by Gasteiger charge is -2.16. The average Bonchev–Trinajstić information content (AvgIpc) is 3.24. The topological polar surface area (TPSA) is 94.8 Å². The lowest BCUT2D eigenvalue weighted by atomic mass is 10.2. The number of fused-ring (bicyclic) bond motifs is 1. The quantitative estimate of drug-likeness (QED) is 0.402. The summed E-state index contributed by atoms with van der Waals surface area (Å²) in [5, 5.41) is 0.358. The first kappa shape index (κ1) is 21.0. The number of benzene rings is 2. The zero-order chi connectivity index (χ0) is 21.8. The second-order valence-electron chi connectivity index (χ2n) is 6.55. The molecule has 0 saturated carbocycles. The SMILES string of the molecule is Cc1c(Cl)cccc1S(=O)(=O)Nc1c(OCCOc2ccccc2)ncc2nccn12. The van der Waals surface area contributed by atoms with Gasteiger partial charge in [0.2, 0.25) is 0 Å². The molecule has 4 aromatic rings. The molecule has 0 radical (unpaired) electrons. The van der Waals surface area contributed by atoms with Gasteiger partial charge in [-0.15, -0.1) is 0 Å². The highest BCUT2D eigenvalue weighted by molar-refractivity contribution is 7.92. The van der Waals surface area contributed by atoms with E-state index in [-0.39, 0.29) is 29.8 Å². The summed E-state index contributed by atoms with van der Waals surface area (Å²) in [4.78, 5) is 8.45. The number of halogens is 1. The molecule has 31 heavy (non-hydrogen) atoms. The third-order valence-corrected chi connectivity index (χ3v) is 6.38. The Balaban J connectivity index is 1.59. The first-order chi connectivity index (χ1) is 15.0. The normalized spacial score (nSPS) is 11.4. The third kappa shape index (κ3) is 4.57. The molecule has 10 heteroatoms. The van der Waals surface area contributed by atoms with E-state index in [2.05, 4.69) is 14.7 Å². The maximum atomic E-state index is 13.1. The van der Waals surface area contributed by atoms with Crippen LogP contribution in [0.15, 0.2) is 72.0 Å². The molecule has 0 saturated heterocycles. The van der Waals surface area contributed by atoms with Gasteiger partial charge in [0.05, 0.1) is 11.1 Å². The molecule has 0 fully saturated rings. The minimum Gasteiger partial charge on any atom is -0.490 e. The van der Waals surface area contributed by atoms with Crippen LogP contribution in [0, 0.1) is 6.92 Å². The lowest BCUT2D eigenvalue weighted by molar-refractivity contribution is 0.212. The predicted molar refractivity (Wildman–Crippen MR) is 117 cm³/mol. The van der Waals surface area contributed by atoms with Crippen LogP contribution >= 0.6 is 11.6 Å². The second kappa shape index (κ2) is 8.83. The summed E-state index contributed by atoms with van der Waals surface area (Å²) in [6, 6.07) is 14.0. The van der Waals surface area contributed by atoms with Crippen LogP contribution in [-0.4, -0.2) is 36.0 Å². The van der Waals surface area contributed by atoms with Gasteiger partial charge in [0.1, 0.15) is 19.0 Å². The van der Waals surface area contributed by atoms with Gasteiger partial charge in [0.25, 0.3) is 15.9 Å². The van der Waals surface area contributed by atoms with Crippen LogP contribution in [0.3, 0.4) is 0 Å². The molecule has 0 aliphatic carbocycles. The van der Waals surface area contributed by atoms with Gasteiger partial charge in [-0.3, -0.25) is 9.12 Å². The number of aromatic nitrogens is 3. The van der Waals surface area contributed by atoms with Gasteiger partial charge in [-0.1, -0.05) is 35.9 Å². The highest BCUT2D eigenvalue weighted by atomic mass is 35.5. The van der Waals surface area contributed by atoms with E-state index in [1.807, 2.05) is 30.3 Å². The largest absolute Gasteiger partial charge is 0.490 e. The molecule has 2 aromatic heterocycles. The van der Waals surface area contributed by atoms with Gasteiger partial charge in [-0.25, -0.2) is 18.4 Å². The minimum atomic E-state index is -3.97. The molecule has 0 aliphatic rings. The van der Waals surface area contributed by atoms with Gasteiger partial charge in [-0.05, 0) is 36.8 Å². The molecular formula is C21H19ClN4O4S. The molecule has 1 N–H and O–H groups in total. The Morgan fingerprint density at radius 3 is 2.61 bits per heavy atom. The maximum Gasteiger partial charge on any atom is 0.263 e. The molecule has 2 aromatic carbocycles. The number of ether oxygens (including phenoxy) is 2. The van der Waals surface area contributed by atoms with Gasteiger partial charge in [-0.2, -0.15) is 0 Å². The van der Waals surface area contributed by atoms with Crippen molar-refractivity contribution in [2.24, 2.45) is 0 Å². The van der Waals surface area contributed by atoms with Crippen molar-refractivity contribution < 1.29 is 17.9 Å². The maximum absolute atomic E-state index is 13.1. The number of imidazole rings is 1. The fourth-order valence-corrected chi connectivity index (χ4v) is 4.51. The van der Waals surface area contributed by atoms with Crippen LogP contribution in [-0.2, 0) is 10.0 Å². The molecule has 0 spiro atoms. The van der Waals surface area contributed by atoms with Crippen molar-refractivity contribution in [1.82, 2.24) is 14.4 Å². The summed E-state index contributed by atoms with van der Waals surface area (Å²) in [5.74, 6) is 0.945. The molecule has 0 atom stereocenters. The summed E-state index contributed by atoms with van der Waals surface area (Å²) in [6.07, 6.45) is 4.66. The van der Waals surface area contributed by atoms with Crippen LogP contribution < -0.4 is 14.2 Å². The molecule has 160 valence electrons. The van der Waals surface area contributed by atoms with E-state index >= 15 is 0 Å². The highest BCUT2D eigenvalue weighted by Crippen LogP contribution is 2.28. The summed E-state index contributed by atoms with van der Waals surface area (Å²) in [7, 11) is -3.97. The molecule has 0 amide bonds. The van der Waals surface area contributed by atoms with Crippen molar-refractivity contribution in [3.63, 3.8) is 0 Å². The number of hydrogen-bond acceptors (Lipinski definition) is 6. The number of rotatable bonds is 8. The molecule has 4 rings (SSSR count). The third-order valence-electron chi connectivity index (χ3n) is 4.48. The van der Waals surface area contributed by atoms with Crippen molar-refractivity contribution in [3.8, 4) is 11.6 Å². The number of para-hydroxylation sites is 1. The van der Waals surface area contributed by atoms with E-state index < -0.39 is 10.0 Å². The Labute approximate surface area is 184 Å². The van der Waals surface area contributed by atoms with E-state index in [1.54, 1.807) is 35.9 Å². The molecule has 8 nitrogen and oxygen atoms in total. The zero-order valence-corrected chi connectivity index (χ0v) is 18.1. The monoisotopic (exact) mass is 458 g/mol. The van der Waals surface area contributed by atoms with Gasteiger partial charge >= 0.3 is 0 Å². The first-order valence-electron chi connectivity index (χ1n) is 9.36. The predicted octanol–water partition coefficient (Wildman–Crippen LogP) is 3.95. The number of anilines is 1. The Bertz CT molecular complexity index is 1310. The highest BCUT2D eigenvalue weighted by Gasteiger charge is 2.22. The van der Waals surface area contributed by atoms with Crippen LogP contribution in [0.2, 0.25) is 5.02 Å². The number of nitrogens with one attached hydrogen (secondary N) is 1. The molecule has 0 aliphatic heterocycles. The Morgan fingerprint density at radius 1 is 1.03 bits per heavy atom. The van der Waals surface area contributed by atoms with E-state index in [0.717, 1.165) is 0 Å². The number of nitrogens with zero attached hydrogens (tertiary/aromatic N) is 3. The number of hydrogen-bond donors (Lipinski definition) is 1. The minimum absolute atomic E-state index is 0.0653. The van der Waals surface area contributed by atoms with E-state index in [1.165, 1.54) is 12.3 Å². The zero-order valence-electron chi connectivity index (χ0n) is 16.5. The van der Waals surface area contributed by atoms with Gasteiger partial charge in [0, 0.05) is 17.4 Å². The van der Waals surface area contributed by atoms with Gasteiger partial charge < -0.3 is 9.47 Å². The van der Waals surface area contributed by atoms with Crippen LogP contribution in [0.1, 0.15) is 5.56 Å². The van der Waals surface area contributed by atoms with E-state index in [0.29, 0.717) is 22.0 Å². The second-order valence-corrected chi connectivity index (χ2v) is 8.60. The summed E-state index contributed by atoms with van der Waals surface area (Å²) >= 11 is 6.11. The summed E-state index contributed by atoms with van der Waals surface area (Å²) < 4.78 is 41.7. The molecular weight excluding hydrogens is 440 g/mol. The number of sulfonamides is 1. The van der Waals surface area contributed by atoms with Crippen molar-refractivity contribution in [3.05, 3.63) is 77.7 Å². The van der Waals surface area contributed by atoms with Crippen molar-refractivity contribution in [2.45, 2.75) is 11.8 Å². The average molecular weight is 459 g/mol. The van der Waals surface area contributed by atoms with Crippen molar-refractivity contribution in [1.29, 1.82) is 0 Å². The smallest absolute Gasteiger partial charge is 0.263 e. The lowest BCUT2D eigenvalue weighted by Crippen LogP contribution is -2.19. The van der Waals surface area contributed by atoms with Crippen LogP contribution in [0.4, 0.5) is 5.82 Å². The van der Waals surface area contributed by atoms with E-state index in [9.17, 15) is 8.42 Å². The standard InChI is InChI=1S/C21H19ClN4O4S/c1-15-17(22)8-5-9-18(15)31(27,28)25-20-21(24-14-19-23-10-11-26(19)20)30-13-12-29-16-6-3-2-4-7-16/h2-11,14,25H,12-13H2,1H3. The summed E-state index contributed by atoms with van der Waals surface area (Å²) in [5.41, 5.74) is 0.912. The molecule has 0 unspecified atom stereocenters. The van der Waals surface area contributed by atoms with Gasteiger partial charge in [0.15, 0.2) is 11.5 Å². The van der Waals surface area contributed by atoms with Crippen molar-refractivity contribution in [2.75, 3.05) is 17.9 Å². The Kier molecular flexibility index (Phi) is 5.97. The van der Waals surface area contributed by atoms with Crippen molar-refractivity contribution >= 4 is 33.1 Å². The Hall–Kier alpha value is -3.30. The Morgan fingerprint density at radius 2 is 1.81 bits per heavy atom. The fourth-order valence-electron chi connectivity index (χ4n) is 2.95. The fraction of sp³-hybridized carbons (Fsp3) is 0.143. The molecule has 0 bridgehead atoms. The van der Waals surface area contributed by atoms with Crippen LogP contribution in [0.25, 0.3) is 5.65 Å². The first-order valence-corrected chi connectivity index (χ1v) is 11.2. The molecule has 2 heterocycles. The van der Waals surface area contributed by atoms with E-state index in [4.69, 9.17) is 21.1 Å². The van der Waals surface area contributed by atoms with Crippen LogP contribution in [0.5, 0.6) is 11.6 Å².